The van der Waals surface area contributed by atoms with Crippen molar-refractivity contribution in [3.8, 4) is 11.5 Å². The number of carbonyl (C=O) groups excluding carboxylic acids is 1. The molecule has 0 aliphatic rings. The minimum Gasteiger partial charge on any atom is -0.507 e. The first-order valence-electron chi connectivity index (χ1n) is 4.84. The molecule has 0 aliphatic carbocycles. The lowest BCUT2D eigenvalue weighted by Crippen LogP contribution is -2.28. The average Bonchev–Trinajstić information content (AvgIpc) is 2.25. The third kappa shape index (κ3) is 3.41. The van der Waals surface area contributed by atoms with Gasteiger partial charge in [0.25, 0.3) is 5.91 Å². The summed E-state index contributed by atoms with van der Waals surface area (Å²) in [7, 11) is 1.50. The van der Waals surface area contributed by atoms with Crippen molar-refractivity contribution in [1.29, 1.82) is 0 Å². The van der Waals surface area contributed by atoms with E-state index in [1.165, 1.54) is 19.2 Å². The Morgan fingerprint density at radius 3 is 2.81 bits per heavy atom. The number of halogens is 1. The molecule has 0 saturated carbocycles. The van der Waals surface area contributed by atoms with Gasteiger partial charge in [0.15, 0.2) is 0 Å². The number of benzene rings is 1. The molecule has 0 radical (unpaired) electrons. The van der Waals surface area contributed by atoms with Crippen molar-refractivity contribution in [3.05, 3.63) is 23.8 Å². The fourth-order valence-corrected chi connectivity index (χ4v) is 1.32. The van der Waals surface area contributed by atoms with Gasteiger partial charge >= 0.3 is 0 Å². The number of ether oxygens (including phenoxy) is 1. The van der Waals surface area contributed by atoms with Gasteiger partial charge in [0.05, 0.1) is 12.7 Å². The maximum atomic E-state index is 11.6. The van der Waals surface area contributed by atoms with Crippen LogP contribution in [-0.2, 0) is 0 Å². The van der Waals surface area contributed by atoms with Crippen LogP contribution < -0.4 is 10.1 Å². The molecule has 5 heteroatoms. The van der Waals surface area contributed by atoms with Crippen molar-refractivity contribution in [1.82, 2.24) is 5.32 Å². The average molecular weight is 288 g/mol. The molecule has 4 nitrogen and oxygen atoms in total. The molecule has 88 valence electrons. The topological polar surface area (TPSA) is 58.6 Å². The summed E-state index contributed by atoms with van der Waals surface area (Å²) in [5.41, 5.74) is 0.244. The zero-order valence-electron chi connectivity index (χ0n) is 9.16. The molecule has 2 N–H and O–H groups in total. The van der Waals surface area contributed by atoms with Crippen molar-refractivity contribution in [2.45, 2.75) is 11.8 Å². The van der Waals surface area contributed by atoms with Crippen LogP contribution in [0.4, 0.5) is 0 Å². The SMILES string of the molecule is COc1ccc(C(=O)NCC(C)Br)c(O)c1. The first kappa shape index (κ1) is 12.8. The van der Waals surface area contributed by atoms with Gasteiger partial charge in [-0.15, -0.1) is 0 Å². The summed E-state index contributed by atoms with van der Waals surface area (Å²) in [4.78, 5) is 11.8. The Hall–Kier alpha value is -1.23. The predicted octanol–water partition coefficient (Wildman–Crippen LogP) is 1.91. The molecule has 1 amide bonds. The molecule has 0 heterocycles. The van der Waals surface area contributed by atoms with Crippen molar-refractivity contribution >= 4 is 21.8 Å². The molecule has 0 spiro atoms. The van der Waals surface area contributed by atoms with Crippen LogP contribution in [0.3, 0.4) is 0 Å². The summed E-state index contributed by atoms with van der Waals surface area (Å²) in [5, 5.41) is 12.3. The summed E-state index contributed by atoms with van der Waals surface area (Å²) < 4.78 is 4.93. The van der Waals surface area contributed by atoms with Gasteiger partial charge in [0, 0.05) is 17.4 Å². The predicted molar refractivity (Wildman–Crippen MR) is 65.4 cm³/mol. The number of carbonyl (C=O) groups is 1. The van der Waals surface area contributed by atoms with Crippen LogP contribution in [0, 0.1) is 0 Å². The van der Waals surface area contributed by atoms with Crippen LogP contribution in [-0.4, -0.2) is 29.5 Å². The number of alkyl halides is 1. The van der Waals surface area contributed by atoms with E-state index in [2.05, 4.69) is 21.2 Å². The quantitative estimate of drug-likeness (QED) is 0.832. The van der Waals surface area contributed by atoms with Gasteiger partial charge < -0.3 is 15.2 Å². The Morgan fingerprint density at radius 1 is 1.62 bits per heavy atom. The molecule has 0 aromatic heterocycles. The smallest absolute Gasteiger partial charge is 0.255 e. The molecule has 1 unspecified atom stereocenters. The molecular formula is C11H14BrNO3. The molecule has 0 aliphatic heterocycles. The zero-order chi connectivity index (χ0) is 12.1. The summed E-state index contributed by atoms with van der Waals surface area (Å²) in [6.07, 6.45) is 0. The molecule has 1 aromatic rings. The number of hydrogen-bond acceptors (Lipinski definition) is 3. The third-order valence-electron chi connectivity index (χ3n) is 1.99. The van der Waals surface area contributed by atoms with E-state index < -0.39 is 0 Å². The number of rotatable bonds is 4. The van der Waals surface area contributed by atoms with Crippen molar-refractivity contribution in [3.63, 3.8) is 0 Å². The molecule has 1 atom stereocenters. The molecule has 0 bridgehead atoms. The first-order valence-corrected chi connectivity index (χ1v) is 5.75. The monoisotopic (exact) mass is 287 g/mol. The van der Waals surface area contributed by atoms with Crippen LogP contribution in [0.25, 0.3) is 0 Å². The number of amides is 1. The van der Waals surface area contributed by atoms with Crippen molar-refractivity contribution < 1.29 is 14.6 Å². The van der Waals surface area contributed by atoms with Gasteiger partial charge in [-0.3, -0.25) is 4.79 Å². The van der Waals surface area contributed by atoms with E-state index in [-0.39, 0.29) is 22.0 Å². The largest absolute Gasteiger partial charge is 0.507 e. The van der Waals surface area contributed by atoms with Gasteiger partial charge in [0.1, 0.15) is 11.5 Å². The summed E-state index contributed by atoms with van der Waals surface area (Å²) in [5.74, 6) is 0.133. The van der Waals surface area contributed by atoms with Gasteiger partial charge in [0.2, 0.25) is 0 Å². The van der Waals surface area contributed by atoms with Crippen LogP contribution in [0.15, 0.2) is 18.2 Å². The van der Waals surface area contributed by atoms with Crippen LogP contribution in [0.5, 0.6) is 11.5 Å². The fraction of sp³-hybridized carbons (Fsp3) is 0.364. The van der Waals surface area contributed by atoms with E-state index in [1.54, 1.807) is 6.07 Å². The van der Waals surface area contributed by atoms with E-state index >= 15 is 0 Å². The highest BCUT2D eigenvalue weighted by molar-refractivity contribution is 9.09. The number of hydrogen-bond donors (Lipinski definition) is 2. The van der Waals surface area contributed by atoms with Crippen molar-refractivity contribution in [2.24, 2.45) is 0 Å². The second-order valence-corrected chi connectivity index (χ2v) is 4.94. The third-order valence-corrected chi connectivity index (χ3v) is 2.32. The number of aromatic hydroxyl groups is 1. The summed E-state index contributed by atoms with van der Waals surface area (Å²) in [6, 6.07) is 4.57. The minimum absolute atomic E-state index is 0.0842. The van der Waals surface area contributed by atoms with Gasteiger partial charge in [-0.05, 0) is 12.1 Å². The molecular weight excluding hydrogens is 274 g/mol. The van der Waals surface area contributed by atoms with Crippen LogP contribution >= 0.6 is 15.9 Å². The minimum atomic E-state index is -0.300. The number of nitrogens with one attached hydrogen (secondary N) is 1. The Balaban J connectivity index is 2.76. The van der Waals surface area contributed by atoms with Gasteiger partial charge in [-0.2, -0.15) is 0 Å². The Labute approximate surface area is 103 Å². The molecule has 16 heavy (non-hydrogen) atoms. The second kappa shape index (κ2) is 5.75. The number of methoxy groups -OCH3 is 1. The molecule has 1 rings (SSSR count). The van der Waals surface area contributed by atoms with E-state index in [1.807, 2.05) is 6.92 Å². The van der Waals surface area contributed by atoms with E-state index in [9.17, 15) is 9.90 Å². The van der Waals surface area contributed by atoms with Crippen molar-refractivity contribution in [2.75, 3.05) is 13.7 Å². The highest BCUT2D eigenvalue weighted by atomic mass is 79.9. The lowest BCUT2D eigenvalue weighted by molar-refractivity contribution is 0.0951. The Morgan fingerprint density at radius 2 is 2.31 bits per heavy atom. The second-order valence-electron chi connectivity index (χ2n) is 3.37. The number of phenols is 1. The maximum Gasteiger partial charge on any atom is 0.255 e. The maximum absolute atomic E-state index is 11.6. The van der Waals surface area contributed by atoms with Gasteiger partial charge in [-0.1, -0.05) is 22.9 Å². The van der Waals surface area contributed by atoms with E-state index in [0.717, 1.165) is 0 Å². The molecule has 1 aromatic carbocycles. The zero-order valence-corrected chi connectivity index (χ0v) is 10.7. The van der Waals surface area contributed by atoms with Crippen LogP contribution in [0.1, 0.15) is 17.3 Å². The summed E-state index contributed by atoms with van der Waals surface area (Å²) >= 11 is 3.32. The fourth-order valence-electron chi connectivity index (χ4n) is 1.16. The first-order chi connectivity index (χ1) is 7.54. The standard InChI is InChI=1S/C11H14BrNO3/c1-7(12)6-13-11(15)9-4-3-8(16-2)5-10(9)14/h3-5,7,14H,6H2,1-2H3,(H,13,15). The Kier molecular flexibility index (Phi) is 4.61. The normalized spacial score (nSPS) is 11.9. The van der Waals surface area contributed by atoms with Gasteiger partial charge in [-0.25, -0.2) is 0 Å². The summed E-state index contributed by atoms with van der Waals surface area (Å²) in [6.45, 7) is 2.43. The van der Waals surface area contributed by atoms with E-state index in [0.29, 0.717) is 12.3 Å². The lowest BCUT2D eigenvalue weighted by atomic mass is 10.2. The lowest BCUT2D eigenvalue weighted by Gasteiger charge is -2.09. The Bertz CT molecular complexity index is 379. The molecule has 0 saturated heterocycles. The van der Waals surface area contributed by atoms with E-state index in [4.69, 9.17) is 4.74 Å². The highest BCUT2D eigenvalue weighted by Crippen LogP contribution is 2.23. The number of phenolic OH excluding ortho intramolecular Hbond substituents is 1. The highest BCUT2D eigenvalue weighted by Gasteiger charge is 2.11. The van der Waals surface area contributed by atoms with Crippen LogP contribution in [0.2, 0.25) is 0 Å². The molecule has 0 fully saturated rings.